The highest BCUT2D eigenvalue weighted by molar-refractivity contribution is 7.91. The van der Waals surface area contributed by atoms with E-state index in [9.17, 15) is 26.0 Å². The summed E-state index contributed by atoms with van der Waals surface area (Å²) < 4.78 is 98.5. The van der Waals surface area contributed by atoms with E-state index < -0.39 is 44.8 Å². The average molecular weight is 519 g/mol. The number of fused-ring (bicyclic) bond motifs is 1. The first-order valence-corrected chi connectivity index (χ1v) is 11.6. The van der Waals surface area contributed by atoms with E-state index in [-0.39, 0.29) is 34.1 Å². The van der Waals surface area contributed by atoms with E-state index in [1.807, 2.05) is 0 Å². The second-order valence-electron chi connectivity index (χ2n) is 6.97. The van der Waals surface area contributed by atoms with Gasteiger partial charge >= 0.3 is 6.18 Å². The molecule has 0 atom stereocenters. The molecule has 0 spiro atoms. The molecule has 1 N–H and O–H groups in total. The van der Waals surface area contributed by atoms with Crippen molar-refractivity contribution in [2.75, 3.05) is 39.0 Å². The number of halogens is 4. The molecule has 2 aromatic carbocycles. The van der Waals surface area contributed by atoms with Crippen LogP contribution < -0.4 is 24.3 Å². The number of hydrogen-bond donors (Lipinski definition) is 1. The molecule has 9 nitrogen and oxygen atoms in total. The van der Waals surface area contributed by atoms with Crippen LogP contribution in [0.1, 0.15) is 6.92 Å². The highest BCUT2D eigenvalue weighted by Crippen LogP contribution is 2.46. The standard InChI is InChI=1S/C21H21F4N3O6S/c1-5-35(29,30)16-8-12(14(6-11(16)22)34-9-21(23,24)25)28-20-17-13(26-10-27-20)7-15(31-2)18(32-3)19(17)33-4/h6-8,10H,5,9H2,1-4H3,(H,26,27,28). The number of ether oxygens (including phenoxy) is 4. The SMILES string of the molecule is CCS(=O)(=O)c1cc(Nc2ncnc3cc(OC)c(OC)c(OC)c23)c(OCC(F)(F)F)cc1F. The van der Waals surface area contributed by atoms with Gasteiger partial charge in [0.15, 0.2) is 27.9 Å². The summed E-state index contributed by atoms with van der Waals surface area (Å²) >= 11 is 0. The van der Waals surface area contributed by atoms with Crippen LogP contribution in [0.2, 0.25) is 0 Å². The lowest BCUT2D eigenvalue weighted by molar-refractivity contribution is -0.153. The van der Waals surface area contributed by atoms with Crippen LogP contribution >= 0.6 is 0 Å². The summed E-state index contributed by atoms with van der Waals surface area (Å²) in [5.74, 6) is -1.68. The zero-order valence-electron chi connectivity index (χ0n) is 19.0. The second kappa shape index (κ2) is 9.98. The predicted molar refractivity (Wildman–Crippen MR) is 118 cm³/mol. The molecule has 0 unspecified atom stereocenters. The fraction of sp³-hybridized carbons (Fsp3) is 0.333. The van der Waals surface area contributed by atoms with Gasteiger partial charge in [0.25, 0.3) is 0 Å². The van der Waals surface area contributed by atoms with Crippen molar-refractivity contribution in [2.45, 2.75) is 18.0 Å². The molecule has 0 aliphatic heterocycles. The van der Waals surface area contributed by atoms with Gasteiger partial charge in [-0.1, -0.05) is 6.92 Å². The Balaban J connectivity index is 2.25. The van der Waals surface area contributed by atoms with Crippen molar-refractivity contribution in [2.24, 2.45) is 0 Å². The van der Waals surface area contributed by atoms with Gasteiger partial charge in [0.05, 0.1) is 43.7 Å². The minimum Gasteiger partial charge on any atom is -0.493 e. The summed E-state index contributed by atoms with van der Waals surface area (Å²) in [7, 11) is 0.0508. The maximum absolute atomic E-state index is 14.6. The molecule has 0 aliphatic carbocycles. The Hall–Kier alpha value is -3.55. The molecule has 3 aromatic rings. The van der Waals surface area contributed by atoms with E-state index >= 15 is 0 Å². The lowest BCUT2D eigenvalue weighted by Gasteiger charge is -2.19. The third-order valence-corrected chi connectivity index (χ3v) is 6.57. The lowest BCUT2D eigenvalue weighted by Crippen LogP contribution is -2.20. The van der Waals surface area contributed by atoms with Gasteiger partial charge in [-0.15, -0.1) is 0 Å². The van der Waals surface area contributed by atoms with E-state index in [0.717, 1.165) is 12.4 Å². The quantitative estimate of drug-likeness (QED) is 0.415. The van der Waals surface area contributed by atoms with Crippen LogP contribution in [-0.4, -0.2) is 58.3 Å². The summed E-state index contributed by atoms with van der Waals surface area (Å²) in [6.45, 7) is -0.432. The lowest BCUT2D eigenvalue weighted by atomic mass is 10.1. The Bertz CT molecular complexity index is 1350. The second-order valence-corrected chi connectivity index (χ2v) is 9.22. The van der Waals surface area contributed by atoms with Crippen LogP contribution in [0.4, 0.5) is 29.1 Å². The van der Waals surface area contributed by atoms with Crippen LogP contribution in [0, 0.1) is 5.82 Å². The van der Waals surface area contributed by atoms with Crippen molar-refractivity contribution < 1.29 is 44.9 Å². The van der Waals surface area contributed by atoms with E-state index in [4.69, 9.17) is 18.9 Å². The summed E-state index contributed by atoms with van der Waals surface area (Å²) in [6.07, 6.45) is -3.57. The molecule has 0 saturated carbocycles. The van der Waals surface area contributed by atoms with Crippen LogP contribution in [0.5, 0.6) is 23.0 Å². The maximum Gasteiger partial charge on any atom is 0.422 e. The molecular weight excluding hydrogens is 498 g/mol. The number of benzene rings is 2. The molecule has 0 radical (unpaired) electrons. The monoisotopic (exact) mass is 519 g/mol. The predicted octanol–water partition coefficient (Wildman–Crippen LogP) is 4.27. The average Bonchev–Trinajstić information content (AvgIpc) is 2.81. The van der Waals surface area contributed by atoms with E-state index in [1.54, 1.807) is 0 Å². The van der Waals surface area contributed by atoms with Crippen molar-refractivity contribution in [3.8, 4) is 23.0 Å². The third kappa shape index (κ3) is 5.42. The highest BCUT2D eigenvalue weighted by Gasteiger charge is 2.30. The number of sulfone groups is 1. The van der Waals surface area contributed by atoms with Crippen molar-refractivity contribution in [1.82, 2.24) is 9.97 Å². The topological polar surface area (TPSA) is 109 Å². The number of methoxy groups -OCH3 is 3. The third-order valence-electron chi connectivity index (χ3n) is 4.82. The Morgan fingerprint density at radius 1 is 0.971 bits per heavy atom. The Kier molecular flexibility index (Phi) is 7.43. The molecule has 190 valence electrons. The molecular formula is C21H21F4N3O6S. The molecule has 35 heavy (non-hydrogen) atoms. The Labute approximate surface area is 197 Å². The van der Waals surface area contributed by atoms with Crippen molar-refractivity contribution >= 4 is 32.2 Å². The largest absolute Gasteiger partial charge is 0.493 e. The summed E-state index contributed by atoms with van der Waals surface area (Å²) in [6, 6.07) is 2.93. The van der Waals surface area contributed by atoms with E-state index in [1.165, 1.54) is 34.3 Å². The van der Waals surface area contributed by atoms with Crippen molar-refractivity contribution in [3.63, 3.8) is 0 Å². The summed E-state index contributed by atoms with van der Waals surface area (Å²) in [5.41, 5.74) is 0.0257. The van der Waals surface area contributed by atoms with Crippen LogP contribution in [0.3, 0.4) is 0 Å². The highest BCUT2D eigenvalue weighted by atomic mass is 32.2. The molecule has 3 rings (SSSR count). The zero-order valence-corrected chi connectivity index (χ0v) is 19.8. The Morgan fingerprint density at radius 2 is 1.66 bits per heavy atom. The van der Waals surface area contributed by atoms with Crippen LogP contribution in [0.15, 0.2) is 29.4 Å². The molecule has 0 amide bonds. The maximum atomic E-state index is 14.6. The number of rotatable bonds is 9. The summed E-state index contributed by atoms with van der Waals surface area (Å²) in [4.78, 5) is 7.54. The van der Waals surface area contributed by atoms with Crippen molar-refractivity contribution in [1.29, 1.82) is 0 Å². The minimum atomic E-state index is -4.73. The van der Waals surface area contributed by atoms with Gasteiger partial charge < -0.3 is 24.3 Å². The molecule has 1 aromatic heterocycles. The first-order chi connectivity index (χ1) is 16.5. The normalized spacial score (nSPS) is 11.9. The van der Waals surface area contributed by atoms with Gasteiger partial charge in [0.1, 0.15) is 28.6 Å². The van der Waals surface area contributed by atoms with Gasteiger partial charge in [-0.3, -0.25) is 0 Å². The van der Waals surface area contributed by atoms with Gasteiger partial charge in [0.2, 0.25) is 5.75 Å². The van der Waals surface area contributed by atoms with E-state index in [0.29, 0.717) is 11.6 Å². The van der Waals surface area contributed by atoms with Crippen LogP contribution in [0.25, 0.3) is 10.9 Å². The number of alkyl halides is 3. The first-order valence-electron chi connectivity index (χ1n) is 9.92. The zero-order chi connectivity index (χ0) is 26.0. The fourth-order valence-electron chi connectivity index (χ4n) is 3.22. The fourth-order valence-corrected chi connectivity index (χ4v) is 4.18. The van der Waals surface area contributed by atoms with E-state index in [2.05, 4.69) is 15.3 Å². The molecule has 0 aliphatic rings. The minimum absolute atomic E-state index is 0.00360. The molecule has 0 bridgehead atoms. The number of nitrogens with zero attached hydrogens (tertiary/aromatic N) is 2. The van der Waals surface area contributed by atoms with Crippen molar-refractivity contribution in [3.05, 3.63) is 30.3 Å². The number of nitrogens with one attached hydrogen (secondary N) is 1. The number of aromatic nitrogens is 2. The molecule has 0 fully saturated rings. The first kappa shape index (κ1) is 26.1. The smallest absolute Gasteiger partial charge is 0.422 e. The number of hydrogen-bond acceptors (Lipinski definition) is 9. The Morgan fingerprint density at radius 3 is 2.23 bits per heavy atom. The molecule has 1 heterocycles. The van der Waals surface area contributed by atoms with Crippen LogP contribution in [-0.2, 0) is 9.84 Å². The van der Waals surface area contributed by atoms with Gasteiger partial charge in [-0.2, -0.15) is 13.2 Å². The van der Waals surface area contributed by atoms with Gasteiger partial charge in [0, 0.05) is 12.1 Å². The molecule has 0 saturated heterocycles. The number of anilines is 2. The van der Waals surface area contributed by atoms with Gasteiger partial charge in [-0.25, -0.2) is 22.8 Å². The molecule has 14 heteroatoms. The summed E-state index contributed by atoms with van der Waals surface area (Å²) in [5, 5.41) is 2.96. The van der Waals surface area contributed by atoms with Gasteiger partial charge in [-0.05, 0) is 6.07 Å².